The predicted octanol–water partition coefficient (Wildman–Crippen LogP) is 0.945. The lowest BCUT2D eigenvalue weighted by Crippen LogP contribution is -2.56. The summed E-state index contributed by atoms with van der Waals surface area (Å²) in [5.41, 5.74) is 0.377. The molecule has 1 unspecified atom stereocenters. The lowest BCUT2D eigenvalue weighted by molar-refractivity contribution is -0.130. The number of morpholine rings is 1. The number of halogens is 1. The maximum atomic E-state index is 12.9. The Morgan fingerprint density at radius 3 is 2.62 bits per heavy atom. The number of benzene rings is 1. The molecule has 2 aliphatic rings. The Hall–Kier alpha value is -1.95. The number of hydrogen-bond donors (Lipinski definition) is 1. The van der Waals surface area contributed by atoms with Gasteiger partial charge in [-0.05, 0) is 37.1 Å². The van der Waals surface area contributed by atoms with Crippen LogP contribution in [-0.4, -0.2) is 48.6 Å². The third kappa shape index (κ3) is 3.21. The highest BCUT2D eigenvalue weighted by atomic mass is 19.1. The van der Waals surface area contributed by atoms with Crippen LogP contribution in [0.2, 0.25) is 0 Å². The first-order chi connectivity index (χ1) is 10.1. The molecule has 1 aromatic rings. The number of carbonyl (C=O) groups is 2. The fourth-order valence-electron chi connectivity index (χ4n) is 2.35. The van der Waals surface area contributed by atoms with E-state index in [1.54, 1.807) is 0 Å². The Labute approximate surface area is 122 Å². The molecule has 21 heavy (non-hydrogen) atoms. The van der Waals surface area contributed by atoms with Crippen LogP contribution in [-0.2, 0) is 9.53 Å². The van der Waals surface area contributed by atoms with Crippen LogP contribution in [0.15, 0.2) is 24.3 Å². The standard InChI is InChI=1S/C15H17FN2O3/c16-11-3-1-10(2-4-11)15(20)18-7-8-21-9-13(18)14(19)17-12-5-6-12/h1-4,12-13H,5-9H2,(H,17,19). The molecule has 1 atom stereocenters. The zero-order valence-corrected chi connectivity index (χ0v) is 11.5. The maximum absolute atomic E-state index is 12.9. The summed E-state index contributed by atoms with van der Waals surface area (Å²) in [7, 11) is 0. The molecule has 1 saturated heterocycles. The number of nitrogens with zero attached hydrogens (tertiary/aromatic N) is 1. The SMILES string of the molecule is O=C(NC1CC1)C1COCCN1C(=O)c1ccc(F)cc1. The van der Waals surface area contributed by atoms with Crippen LogP contribution in [0, 0.1) is 5.82 Å². The van der Waals surface area contributed by atoms with Crippen molar-refractivity contribution in [2.24, 2.45) is 0 Å². The van der Waals surface area contributed by atoms with Gasteiger partial charge < -0.3 is 15.0 Å². The van der Waals surface area contributed by atoms with Gasteiger partial charge in [-0.25, -0.2) is 4.39 Å². The Morgan fingerprint density at radius 1 is 1.24 bits per heavy atom. The van der Waals surface area contributed by atoms with Crippen LogP contribution < -0.4 is 5.32 Å². The summed E-state index contributed by atoms with van der Waals surface area (Å²) in [6.45, 7) is 0.963. The maximum Gasteiger partial charge on any atom is 0.254 e. The lowest BCUT2D eigenvalue weighted by Gasteiger charge is -2.34. The minimum Gasteiger partial charge on any atom is -0.377 e. The van der Waals surface area contributed by atoms with Gasteiger partial charge in [0.05, 0.1) is 13.2 Å². The van der Waals surface area contributed by atoms with Crippen LogP contribution in [0.3, 0.4) is 0 Å². The highest BCUT2D eigenvalue weighted by Crippen LogP contribution is 2.20. The fraction of sp³-hybridized carbons (Fsp3) is 0.467. The van der Waals surface area contributed by atoms with E-state index in [1.165, 1.54) is 29.2 Å². The zero-order chi connectivity index (χ0) is 14.8. The molecule has 2 fully saturated rings. The van der Waals surface area contributed by atoms with E-state index in [-0.39, 0.29) is 24.5 Å². The van der Waals surface area contributed by atoms with Crippen LogP contribution in [0.4, 0.5) is 4.39 Å². The highest BCUT2D eigenvalue weighted by Gasteiger charge is 2.35. The van der Waals surface area contributed by atoms with Crippen molar-refractivity contribution in [3.8, 4) is 0 Å². The zero-order valence-electron chi connectivity index (χ0n) is 11.5. The topological polar surface area (TPSA) is 58.6 Å². The third-order valence-electron chi connectivity index (χ3n) is 3.71. The molecule has 1 N–H and O–H groups in total. The molecule has 5 nitrogen and oxygen atoms in total. The van der Waals surface area contributed by atoms with Crippen LogP contribution in [0.25, 0.3) is 0 Å². The quantitative estimate of drug-likeness (QED) is 0.902. The second-order valence-electron chi connectivity index (χ2n) is 5.38. The number of rotatable bonds is 3. The van der Waals surface area contributed by atoms with E-state index in [0.717, 1.165) is 12.8 Å². The molecule has 0 radical (unpaired) electrons. The highest BCUT2D eigenvalue weighted by molar-refractivity contribution is 5.97. The number of carbonyl (C=O) groups excluding carboxylic acids is 2. The normalized spacial score (nSPS) is 22.0. The van der Waals surface area contributed by atoms with Gasteiger partial charge in [0.15, 0.2) is 0 Å². The van der Waals surface area contributed by atoms with Gasteiger partial charge in [-0.15, -0.1) is 0 Å². The van der Waals surface area contributed by atoms with Crippen molar-refractivity contribution >= 4 is 11.8 Å². The Kier molecular flexibility index (Phi) is 3.88. The summed E-state index contributed by atoms with van der Waals surface area (Å²) < 4.78 is 18.3. The van der Waals surface area contributed by atoms with E-state index in [2.05, 4.69) is 5.32 Å². The van der Waals surface area contributed by atoms with E-state index in [9.17, 15) is 14.0 Å². The molecular formula is C15H17FN2O3. The number of hydrogen-bond acceptors (Lipinski definition) is 3. The minimum absolute atomic E-state index is 0.173. The van der Waals surface area contributed by atoms with E-state index < -0.39 is 11.9 Å². The van der Waals surface area contributed by atoms with Crippen molar-refractivity contribution in [2.75, 3.05) is 19.8 Å². The predicted molar refractivity (Wildman–Crippen MR) is 73.2 cm³/mol. The summed E-state index contributed by atoms with van der Waals surface area (Å²) in [5.74, 6) is -0.835. The van der Waals surface area contributed by atoms with Crippen molar-refractivity contribution < 1.29 is 18.7 Å². The average molecular weight is 292 g/mol. The molecular weight excluding hydrogens is 275 g/mol. The summed E-state index contributed by atoms with van der Waals surface area (Å²) >= 11 is 0. The first kappa shape index (κ1) is 14.0. The Bertz CT molecular complexity index is 542. The second kappa shape index (κ2) is 5.81. The molecule has 1 heterocycles. The molecule has 1 aliphatic carbocycles. The molecule has 0 bridgehead atoms. The molecule has 6 heteroatoms. The van der Waals surface area contributed by atoms with Gasteiger partial charge in [-0.2, -0.15) is 0 Å². The van der Waals surface area contributed by atoms with E-state index >= 15 is 0 Å². The van der Waals surface area contributed by atoms with Crippen molar-refractivity contribution in [3.63, 3.8) is 0 Å². The van der Waals surface area contributed by atoms with Crippen molar-refractivity contribution in [1.29, 1.82) is 0 Å². The number of nitrogens with one attached hydrogen (secondary N) is 1. The van der Waals surface area contributed by atoms with Gasteiger partial charge >= 0.3 is 0 Å². The summed E-state index contributed by atoms with van der Waals surface area (Å²) in [4.78, 5) is 26.2. The number of ether oxygens (including phenoxy) is 1. The molecule has 0 aromatic heterocycles. The van der Waals surface area contributed by atoms with Gasteiger partial charge in [0.25, 0.3) is 5.91 Å². The molecule has 112 valence electrons. The molecule has 3 rings (SSSR count). The van der Waals surface area contributed by atoms with Gasteiger partial charge in [0.1, 0.15) is 11.9 Å². The van der Waals surface area contributed by atoms with Gasteiger partial charge in [0.2, 0.25) is 5.91 Å². The average Bonchev–Trinajstić information content (AvgIpc) is 3.31. The van der Waals surface area contributed by atoms with E-state index in [0.29, 0.717) is 18.7 Å². The van der Waals surface area contributed by atoms with E-state index in [1.807, 2.05) is 0 Å². The van der Waals surface area contributed by atoms with Crippen molar-refractivity contribution in [3.05, 3.63) is 35.6 Å². The Morgan fingerprint density at radius 2 is 1.95 bits per heavy atom. The third-order valence-corrected chi connectivity index (χ3v) is 3.71. The van der Waals surface area contributed by atoms with Gasteiger partial charge in [-0.3, -0.25) is 9.59 Å². The van der Waals surface area contributed by atoms with Crippen molar-refractivity contribution in [1.82, 2.24) is 10.2 Å². The first-order valence-electron chi connectivity index (χ1n) is 7.10. The molecule has 2 amide bonds. The van der Waals surface area contributed by atoms with Gasteiger partial charge in [0, 0.05) is 18.2 Å². The van der Waals surface area contributed by atoms with Crippen LogP contribution in [0.5, 0.6) is 0 Å². The largest absolute Gasteiger partial charge is 0.377 e. The monoisotopic (exact) mass is 292 g/mol. The summed E-state index contributed by atoms with van der Waals surface area (Å²) in [5, 5.41) is 2.90. The smallest absolute Gasteiger partial charge is 0.254 e. The van der Waals surface area contributed by atoms with Crippen molar-refractivity contribution in [2.45, 2.75) is 24.9 Å². The number of amides is 2. The first-order valence-corrected chi connectivity index (χ1v) is 7.10. The molecule has 1 saturated carbocycles. The summed E-state index contributed by atoms with van der Waals surface area (Å²) in [6.07, 6.45) is 1.98. The van der Waals surface area contributed by atoms with Crippen LogP contribution in [0.1, 0.15) is 23.2 Å². The van der Waals surface area contributed by atoms with E-state index in [4.69, 9.17) is 4.74 Å². The van der Waals surface area contributed by atoms with Crippen LogP contribution >= 0.6 is 0 Å². The molecule has 1 aromatic carbocycles. The molecule has 1 aliphatic heterocycles. The lowest BCUT2D eigenvalue weighted by atomic mass is 10.1. The summed E-state index contributed by atoms with van der Waals surface area (Å²) in [6, 6.07) is 4.98. The van der Waals surface area contributed by atoms with Gasteiger partial charge in [-0.1, -0.05) is 0 Å². The molecule has 0 spiro atoms. The fourth-order valence-corrected chi connectivity index (χ4v) is 2.35. The Balaban J connectivity index is 1.74. The minimum atomic E-state index is -0.614. The second-order valence-corrected chi connectivity index (χ2v) is 5.38.